The topological polar surface area (TPSA) is 132 Å². The molecule has 3 aromatic rings. The lowest BCUT2D eigenvalue weighted by Gasteiger charge is -2.53. The van der Waals surface area contributed by atoms with E-state index in [1.54, 1.807) is 27.9 Å². The summed E-state index contributed by atoms with van der Waals surface area (Å²) in [5, 5.41) is 22.9. The Kier molecular flexibility index (Phi) is 7.61. The van der Waals surface area contributed by atoms with E-state index in [9.17, 15) is 24.6 Å². The number of pyridine rings is 1. The second kappa shape index (κ2) is 11.2. The third kappa shape index (κ3) is 5.00. The number of carbonyl (C=O) groups excluding carboxylic acids is 1. The first-order valence-electron chi connectivity index (χ1n) is 14.4. The zero-order valence-electron chi connectivity index (χ0n) is 23.7. The molecular weight excluding hydrogens is 556 g/mol. The van der Waals surface area contributed by atoms with Crippen LogP contribution in [0.2, 0.25) is 0 Å². The van der Waals surface area contributed by atoms with Crippen LogP contribution in [0.1, 0.15) is 43.7 Å². The molecule has 2 aliphatic heterocycles. The number of urea groups is 1. The van der Waals surface area contributed by atoms with Gasteiger partial charge >= 0.3 is 12.1 Å². The van der Waals surface area contributed by atoms with Gasteiger partial charge in [-0.3, -0.25) is 4.79 Å². The molecule has 2 aromatic heterocycles. The number of piperazine rings is 1. The number of hydrogen-bond acceptors (Lipinski definition) is 7. The molecule has 2 unspecified atom stereocenters. The smallest absolute Gasteiger partial charge is 0.407 e. The van der Waals surface area contributed by atoms with Crippen molar-refractivity contribution in [1.82, 2.24) is 29.2 Å². The number of carboxylic acid groups (broad SMARTS) is 1. The number of hydrogen-bond donors (Lipinski definition) is 2. The van der Waals surface area contributed by atoms with Gasteiger partial charge in [-0.2, -0.15) is 0 Å². The molecule has 1 spiro atoms. The van der Waals surface area contributed by atoms with E-state index in [4.69, 9.17) is 0 Å². The Morgan fingerprint density at radius 2 is 1.81 bits per heavy atom. The average molecular weight is 593 g/mol. The number of fused-ring (bicyclic) bond motifs is 1. The van der Waals surface area contributed by atoms with Crippen LogP contribution in [0.15, 0.2) is 58.7 Å². The fraction of sp³-hybridized carbons (Fsp3) is 0.500. The number of piperidine rings is 1. The molecule has 12 heteroatoms. The SMILES string of the molecule is CSc1ncc2c(=O)n(CC3(O)CCN(C(=O)N4CCN(C(=O)O)CC4c4ccccc4)CC34CCCC4)ccc2n1. The third-order valence-electron chi connectivity index (χ3n) is 9.50. The molecule has 3 aliphatic rings. The number of nitrogens with zero attached hydrogens (tertiary/aromatic N) is 6. The van der Waals surface area contributed by atoms with Gasteiger partial charge in [-0.05, 0) is 37.1 Å². The van der Waals surface area contributed by atoms with Crippen molar-refractivity contribution in [1.29, 1.82) is 0 Å². The second-order valence-electron chi connectivity index (χ2n) is 11.7. The molecule has 0 radical (unpaired) electrons. The highest BCUT2D eigenvalue weighted by Gasteiger charge is 2.56. The zero-order valence-corrected chi connectivity index (χ0v) is 24.5. The van der Waals surface area contributed by atoms with E-state index in [0.717, 1.165) is 31.2 Å². The van der Waals surface area contributed by atoms with Crippen molar-refractivity contribution in [2.24, 2.45) is 5.41 Å². The monoisotopic (exact) mass is 592 g/mol. The zero-order chi connectivity index (χ0) is 29.5. The first-order chi connectivity index (χ1) is 20.2. The number of thioether (sulfide) groups is 1. The van der Waals surface area contributed by atoms with Gasteiger partial charge in [-0.1, -0.05) is 54.9 Å². The summed E-state index contributed by atoms with van der Waals surface area (Å²) in [4.78, 5) is 53.0. The van der Waals surface area contributed by atoms with Crippen molar-refractivity contribution < 1.29 is 19.8 Å². The molecule has 3 fully saturated rings. The Morgan fingerprint density at radius 3 is 2.52 bits per heavy atom. The van der Waals surface area contributed by atoms with Crippen LogP contribution in [-0.2, 0) is 6.54 Å². The van der Waals surface area contributed by atoms with Crippen LogP contribution >= 0.6 is 11.8 Å². The maximum absolute atomic E-state index is 14.1. The van der Waals surface area contributed by atoms with Gasteiger partial charge in [0.15, 0.2) is 5.16 Å². The van der Waals surface area contributed by atoms with E-state index in [1.165, 1.54) is 16.7 Å². The Hall–Kier alpha value is -3.64. The molecule has 3 amide bonds. The third-order valence-corrected chi connectivity index (χ3v) is 10.1. The van der Waals surface area contributed by atoms with Crippen LogP contribution < -0.4 is 5.56 Å². The number of benzene rings is 1. The minimum atomic E-state index is -1.17. The summed E-state index contributed by atoms with van der Waals surface area (Å²) >= 11 is 1.41. The van der Waals surface area contributed by atoms with Gasteiger partial charge < -0.3 is 29.5 Å². The van der Waals surface area contributed by atoms with E-state index in [1.807, 2.05) is 41.5 Å². The number of amides is 3. The summed E-state index contributed by atoms with van der Waals surface area (Å²) < 4.78 is 1.57. The first kappa shape index (κ1) is 28.5. The van der Waals surface area contributed by atoms with Crippen LogP contribution in [0.5, 0.6) is 0 Å². The van der Waals surface area contributed by atoms with Crippen molar-refractivity contribution in [2.45, 2.75) is 55.4 Å². The fourth-order valence-corrected chi connectivity index (χ4v) is 7.49. The van der Waals surface area contributed by atoms with Crippen LogP contribution in [0, 0.1) is 5.41 Å². The lowest BCUT2D eigenvalue weighted by molar-refractivity contribution is -0.137. The molecule has 6 rings (SSSR count). The highest BCUT2D eigenvalue weighted by atomic mass is 32.2. The fourth-order valence-electron chi connectivity index (χ4n) is 7.15. The van der Waals surface area contributed by atoms with Gasteiger partial charge in [0, 0.05) is 50.5 Å². The van der Waals surface area contributed by atoms with E-state index < -0.39 is 23.2 Å². The van der Waals surface area contributed by atoms with Gasteiger partial charge in [0.25, 0.3) is 5.56 Å². The number of carbonyl (C=O) groups is 2. The minimum absolute atomic E-state index is 0.133. The first-order valence-corrected chi connectivity index (χ1v) is 15.7. The predicted octanol–water partition coefficient (Wildman–Crippen LogP) is 3.67. The molecule has 1 aliphatic carbocycles. The summed E-state index contributed by atoms with van der Waals surface area (Å²) in [5.41, 5.74) is -0.472. The van der Waals surface area contributed by atoms with Crippen molar-refractivity contribution in [3.05, 3.63) is 64.7 Å². The van der Waals surface area contributed by atoms with Gasteiger partial charge in [-0.25, -0.2) is 19.6 Å². The highest BCUT2D eigenvalue weighted by molar-refractivity contribution is 7.98. The summed E-state index contributed by atoms with van der Waals surface area (Å²) in [6, 6.07) is 10.8. The van der Waals surface area contributed by atoms with Gasteiger partial charge in [-0.15, -0.1) is 0 Å². The Balaban J connectivity index is 1.26. The van der Waals surface area contributed by atoms with E-state index in [0.29, 0.717) is 42.1 Å². The Labute approximate surface area is 248 Å². The quantitative estimate of drug-likeness (QED) is 0.347. The second-order valence-corrected chi connectivity index (χ2v) is 12.5. The van der Waals surface area contributed by atoms with Crippen LogP contribution in [0.3, 0.4) is 0 Å². The normalized spacial score (nSPS) is 24.0. The lowest BCUT2D eigenvalue weighted by Crippen LogP contribution is -2.64. The number of likely N-dealkylation sites (tertiary alicyclic amines) is 1. The van der Waals surface area contributed by atoms with Crippen molar-refractivity contribution >= 4 is 34.8 Å². The van der Waals surface area contributed by atoms with Crippen molar-refractivity contribution in [3.8, 4) is 0 Å². The summed E-state index contributed by atoms with van der Waals surface area (Å²) in [6.07, 6.45) is 7.93. The Bertz CT molecular complexity index is 1540. The lowest BCUT2D eigenvalue weighted by atomic mass is 9.66. The molecule has 2 atom stereocenters. The molecule has 1 saturated carbocycles. The number of aromatic nitrogens is 3. The molecule has 11 nitrogen and oxygen atoms in total. The van der Waals surface area contributed by atoms with Gasteiger partial charge in [0.05, 0.1) is 29.1 Å². The van der Waals surface area contributed by atoms with Crippen LogP contribution in [-0.4, -0.2) is 96.2 Å². The molecule has 2 N–H and O–H groups in total. The largest absolute Gasteiger partial charge is 0.465 e. The molecule has 0 bridgehead atoms. The van der Waals surface area contributed by atoms with Gasteiger partial charge in [0.2, 0.25) is 0 Å². The molecule has 4 heterocycles. The predicted molar refractivity (Wildman–Crippen MR) is 159 cm³/mol. The summed E-state index contributed by atoms with van der Waals surface area (Å²) in [6.45, 7) is 1.64. The standard InChI is InChI=1S/C30H36N6O5S/c1-42-26-31-17-22-23(32-26)9-13-34(25(22)37)20-30(41)12-14-35(19-29(30)10-5-6-11-29)27(38)36-16-15-33(28(39)40)18-24(36)21-7-3-2-4-8-21/h2-4,7-9,13,17,24,41H,5-6,10-12,14-16,18-20H2,1H3,(H,39,40). The van der Waals surface area contributed by atoms with Crippen molar-refractivity contribution in [3.63, 3.8) is 0 Å². The van der Waals surface area contributed by atoms with Crippen LogP contribution in [0.4, 0.5) is 9.59 Å². The molecule has 2 saturated heterocycles. The van der Waals surface area contributed by atoms with Crippen LogP contribution in [0.25, 0.3) is 10.9 Å². The van der Waals surface area contributed by atoms with E-state index >= 15 is 0 Å². The summed E-state index contributed by atoms with van der Waals surface area (Å²) in [7, 11) is 0. The molecular formula is C30H36N6O5S. The number of rotatable bonds is 4. The average Bonchev–Trinajstić information content (AvgIpc) is 3.49. The molecule has 42 heavy (non-hydrogen) atoms. The summed E-state index contributed by atoms with van der Waals surface area (Å²) in [5.74, 6) is 0. The molecule has 1 aromatic carbocycles. The van der Waals surface area contributed by atoms with Gasteiger partial charge in [0.1, 0.15) is 0 Å². The minimum Gasteiger partial charge on any atom is -0.465 e. The highest BCUT2D eigenvalue weighted by Crippen LogP contribution is 2.52. The van der Waals surface area contributed by atoms with E-state index in [-0.39, 0.29) is 31.2 Å². The molecule has 222 valence electrons. The number of aliphatic hydroxyl groups is 1. The van der Waals surface area contributed by atoms with E-state index in [2.05, 4.69) is 9.97 Å². The Morgan fingerprint density at radius 1 is 1.05 bits per heavy atom. The maximum Gasteiger partial charge on any atom is 0.407 e. The maximum atomic E-state index is 14.1. The van der Waals surface area contributed by atoms with Crippen molar-refractivity contribution in [2.75, 3.05) is 39.0 Å².